The van der Waals surface area contributed by atoms with Gasteiger partial charge in [0.05, 0.1) is 27.9 Å². The molecule has 2 aromatic carbocycles. The van der Waals surface area contributed by atoms with E-state index in [1.165, 1.54) is 6.20 Å². The van der Waals surface area contributed by atoms with Gasteiger partial charge in [0.2, 0.25) is 11.8 Å². The molecule has 4 aromatic rings. The van der Waals surface area contributed by atoms with Gasteiger partial charge in [0.1, 0.15) is 29.1 Å². The smallest absolute Gasteiger partial charge is 0.310 e. The van der Waals surface area contributed by atoms with Crippen molar-refractivity contribution < 1.29 is 23.5 Å². The van der Waals surface area contributed by atoms with Crippen LogP contribution in [0.2, 0.25) is 5.02 Å². The molecule has 0 bridgehead atoms. The number of nitrogens with zero attached hydrogens (tertiary/aromatic N) is 4. The molecule has 0 N–H and O–H groups in total. The molecule has 0 amide bonds. The molecule has 0 radical (unpaired) electrons. The Bertz CT molecular complexity index is 1930. The molecule has 250 valence electrons. The lowest BCUT2D eigenvalue weighted by Gasteiger charge is -2.33. The van der Waals surface area contributed by atoms with Crippen LogP contribution in [0.15, 0.2) is 65.2 Å². The number of alkyl halides is 1. The molecule has 9 nitrogen and oxygen atoms in total. The number of hydrogen-bond donors (Lipinski definition) is 0. The summed E-state index contributed by atoms with van der Waals surface area (Å²) in [5.74, 6) is 0.189. The van der Waals surface area contributed by atoms with E-state index in [-0.39, 0.29) is 30.1 Å². The third kappa shape index (κ3) is 7.33. The van der Waals surface area contributed by atoms with Crippen molar-refractivity contribution in [1.29, 1.82) is 0 Å². The van der Waals surface area contributed by atoms with Crippen molar-refractivity contribution in [3.63, 3.8) is 0 Å². The Labute approximate surface area is 290 Å². The summed E-state index contributed by atoms with van der Waals surface area (Å²) >= 11 is 14.1. The molecular weight excluding hydrogens is 651 g/mol. The standard InChI is InChI=1S/C37H38Cl2N4O5/c1-22-33(40-17-27(20-44)41-22)46-21-23-8-6-9-25(14-23)28-10-7-11-29(37(28,5)39)34-42-31-16-24(15-30(38)32(31)47-34)18-43-13-12-26(19-43)35(45)48-36(2,3)4/h6-11,14-17,20,26,29H,12-13,18-19,21H2,1-5H3. The third-order valence-corrected chi connectivity index (χ3v) is 9.26. The fourth-order valence-corrected chi connectivity index (χ4v) is 6.85. The second-order valence-corrected chi connectivity index (χ2v) is 14.7. The molecule has 2 aromatic heterocycles. The highest BCUT2D eigenvalue weighted by atomic mass is 35.5. The second kappa shape index (κ2) is 13.5. The molecule has 48 heavy (non-hydrogen) atoms. The summed E-state index contributed by atoms with van der Waals surface area (Å²) in [5.41, 5.74) is 5.23. The van der Waals surface area contributed by atoms with Crippen LogP contribution in [0, 0.1) is 12.8 Å². The highest BCUT2D eigenvalue weighted by Gasteiger charge is 2.41. The predicted molar refractivity (Wildman–Crippen MR) is 185 cm³/mol. The number of hydrogen-bond acceptors (Lipinski definition) is 9. The molecule has 1 saturated heterocycles. The monoisotopic (exact) mass is 688 g/mol. The first-order valence-corrected chi connectivity index (χ1v) is 16.7. The Kier molecular flexibility index (Phi) is 9.48. The second-order valence-electron chi connectivity index (χ2n) is 13.5. The molecule has 3 heterocycles. The van der Waals surface area contributed by atoms with Crippen LogP contribution >= 0.6 is 23.2 Å². The maximum atomic E-state index is 12.6. The first kappa shape index (κ1) is 33.8. The summed E-state index contributed by atoms with van der Waals surface area (Å²) in [4.78, 5) is 38.2. The summed E-state index contributed by atoms with van der Waals surface area (Å²) in [7, 11) is 0. The van der Waals surface area contributed by atoms with Crippen LogP contribution in [-0.4, -0.2) is 55.7 Å². The van der Waals surface area contributed by atoms with Gasteiger partial charge in [0.25, 0.3) is 0 Å². The van der Waals surface area contributed by atoms with Gasteiger partial charge >= 0.3 is 5.97 Å². The van der Waals surface area contributed by atoms with Gasteiger partial charge in [-0.25, -0.2) is 15.0 Å². The van der Waals surface area contributed by atoms with E-state index < -0.39 is 10.5 Å². The minimum absolute atomic E-state index is 0.142. The van der Waals surface area contributed by atoms with E-state index in [9.17, 15) is 9.59 Å². The van der Waals surface area contributed by atoms with Gasteiger partial charge in [-0.1, -0.05) is 48.0 Å². The number of rotatable bonds is 9. The van der Waals surface area contributed by atoms with E-state index in [0.29, 0.717) is 53.0 Å². The maximum absolute atomic E-state index is 12.6. The van der Waals surface area contributed by atoms with Gasteiger partial charge in [-0.05, 0) is 88.0 Å². The number of esters is 1. The number of likely N-dealkylation sites (tertiary alicyclic amines) is 1. The third-order valence-electron chi connectivity index (χ3n) is 8.54. The fourth-order valence-electron chi connectivity index (χ4n) is 6.23. The lowest BCUT2D eigenvalue weighted by atomic mass is 9.79. The lowest BCUT2D eigenvalue weighted by Crippen LogP contribution is -2.30. The Balaban J connectivity index is 1.17. The van der Waals surface area contributed by atoms with Crippen LogP contribution in [0.5, 0.6) is 5.88 Å². The molecule has 0 spiro atoms. The number of halogens is 2. The van der Waals surface area contributed by atoms with E-state index in [0.717, 1.165) is 35.2 Å². The van der Waals surface area contributed by atoms with Crippen molar-refractivity contribution >= 4 is 52.1 Å². The van der Waals surface area contributed by atoms with E-state index in [1.807, 2.05) is 82.3 Å². The highest BCUT2D eigenvalue weighted by Crippen LogP contribution is 2.48. The van der Waals surface area contributed by atoms with E-state index in [4.69, 9.17) is 42.1 Å². The number of benzene rings is 2. The van der Waals surface area contributed by atoms with Gasteiger partial charge < -0.3 is 13.9 Å². The Hall–Kier alpha value is -4.05. The fraction of sp³-hybridized carbons (Fsp3) is 0.378. The molecule has 1 aliphatic heterocycles. The number of fused-ring (bicyclic) bond motifs is 1. The zero-order chi connectivity index (χ0) is 34.2. The van der Waals surface area contributed by atoms with E-state index in [1.54, 1.807) is 6.92 Å². The molecule has 3 unspecified atom stereocenters. The first-order valence-electron chi connectivity index (χ1n) is 15.9. The average molecular weight is 690 g/mol. The number of aryl methyl sites for hydroxylation is 1. The van der Waals surface area contributed by atoms with E-state index >= 15 is 0 Å². The molecule has 6 rings (SSSR count). The highest BCUT2D eigenvalue weighted by molar-refractivity contribution is 6.34. The van der Waals surface area contributed by atoms with Crippen LogP contribution in [0.1, 0.15) is 78.8 Å². The summed E-state index contributed by atoms with van der Waals surface area (Å²) < 4.78 is 17.8. The summed E-state index contributed by atoms with van der Waals surface area (Å²) in [6.45, 7) is 11.7. The number of aromatic nitrogens is 3. The summed E-state index contributed by atoms with van der Waals surface area (Å²) in [5, 5.41) is 0.476. The van der Waals surface area contributed by atoms with Gasteiger partial charge in [-0.3, -0.25) is 14.5 Å². The summed E-state index contributed by atoms with van der Waals surface area (Å²) in [6, 6.07) is 11.9. The molecule has 1 aliphatic carbocycles. The van der Waals surface area contributed by atoms with Gasteiger partial charge in [-0.2, -0.15) is 0 Å². The largest absolute Gasteiger partial charge is 0.472 e. The number of oxazole rings is 1. The number of ether oxygens (including phenoxy) is 2. The van der Waals surface area contributed by atoms with Crippen molar-refractivity contribution in [2.24, 2.45) is 5.92 Å². The van der Waals surface area contributed by atoms with Crippen LogP contribution in [0.25, 0.3) is 16.7 Å². The van der Waals surface area contributed by atoms with Crippen molar-refractivity contribution in [2.75, 3.05) is 13.1 Å². The molecule has 1 fully saturated rings. The number of aldehydes is 1. The van der Waals surface area contributed by atoms with Crippen molar-refractivity contribution in [3.05, 3.63) is 99.8 Å². The Morgan fingerprint density at radius 2 is 2.00 bits per heavy atom. The zero-order valence-electron chi connectivity index (χ0n) is 27.6. The average Bonchev–Trinajstić information content (AvgIpc) is 3.67. The van der Waals surface area contributed by atoms with Crippen LogP contribution in [0.3, 0.4) is 0 Å². The molecule has 0 saturated carbocycles. The Morgan fingerprint density at radius 3 is 2.75 bits per heavy atom. The SMILES string of the molecule is Cc1nc(C=O)cnc1OCc1cccc(C2=CC=CC(c3nc4cc(CN5CCC(C(=O)OC(C)(C)C)C5)cc(Cl)c4o3)C2(C)Cl)c1. The molecule has 3 atom stereocenters. The number of carbonyl (C=O) groups is 2. The van der Waals surface area contributed by atoms with Gasteiger partial charge in [-0.15, -0.1) is 11.6 Å². The molecule has 11 heteroatoms. The minimum atomic E-state index is -0.886. The predicted octanol–water partition coefficient (Wildman–Crippen LogP) is 7.87. The normalized spacial score (nSPS) is 21.4. The van der Waals surface area contributed by atoms with Gasteiger partial charge in [0.15, 0.2) is 11.9 Å². The molecular formula is C37H38Cl2N4O5. The maximum Gasteiger partial charge on any atom is 0.310 e. The Morgan fingerprint density at radius 1 is 1.19 bits per heavy atom. The van der Waals surface area contributed by atoms with Crippen molar-refractivity contribution in [2.45, 2.75) is 70.6 Å². The quantitative estimate of drug-likeness (QED) is 0.0986. The number of allylic oxidation sites excluding steroid dienone is 4. The van der Waals surface area contributed by atoms with Crippen LogP contribution < -0.4 is 4.74 Å². The first-order chi connectivity index (χ1) is 22.8. The van der Waals surface area contributed by atoms with Crippen molar-refractivity contribution in [1.82, 2.24) is 19.9 Å². The topological polar surface area (TPSA) is 108 Å². The zero-order valence-corrected chi connectivity index (χ0v) is 29.1. The van der Waals surface area contributed by atoms with Crippen LogP contribution in [0.4, 0.5) is 0 Å². The minimum Gasteiger partial charge on any atom is -0.472 e. The number of carbonyl (C=O) groups excluding carboxylic acids is 2. The van der Waals surface area contributed by atoms with E-state index in [2.05, 4.69) is 14.9 Å². The van der Waals surface area contributed by atoms with Crippen molar-refractivity contribution in [3.8, 4) is 5.88 Å². The lowest BCUT2D eigenvalue weighted by molar-refractivity contribution is -0.159. The molecule has 2 aliphatic rings. The van der Waals surface area contributed by atoms with Crippen LogP contribution in [-0.2, 0) is 22.7 Å². The van der Waals surface area contributed by atoms with Gasteiger partial charge in [0, 0.05) is 13.1 Å². The summed E-state index contributed by atoms with van der Waals surface area (Å²) in [6.07, 6.45) is 8.78.